The van der Waals surface area contributed by atoms with Crippen molar-refractivity contribution in [1.82, 2.24) is 0 Å². The number of benzene rings is 2. The van der Waals surface area contributed by atoms with Crippen LogP contribution in [0.25, 0.3) is 0 Å². The van der Waals surface area contributed by atoms with Crippen molar-refractivity contribution in [3.63, 3.8) is 0 Å². The fourth-order valence-electron chi connectivity index (χ4n) is 1.59. The number of primary amides is 1. The zero-order valence-electron chi connectivity index (χ0n) is 10.4. The van der Waals surface area contributed by atoms with Crippen molar-refractivity contribution in [1.29, 1.82) is 0 Å². The van der Waals surface area contributed by atoms with Crippen LogP contribution in [0.4, 0.5) is 15.8 Å². The monoisotopic (exact) mass is 273 g/mol. The molecule has 0 bridgehead atoms. The molecule has 2 aromatic carbocycles. The number of anilines is 2. The summed E-state index contributed by atoms with van der Waals surface area (Å²) in [6, 6.07) is 9.84. The van der Waals surface area contributed by atoms with E-state index in [0.717, 1.165) is 6.07 Å². The highest BCUT2D eigenvalue weighted by Gasteiger charge is 2.09. The minimum Gasteiger partial charge on any atom is -0.396 e. The normalized spacial score (nSPS) is 10.1. The largest absolute Gasteiger partial charge is 0.396 e. The summed E-state index contributed by atoms with van der Waals surface area (Å²) in [6.07, 6.45) is 0. The van der Waals surface area contributed by atoms with Crippen LogP contribution >= 0.6 is 0 Å². The minimum absolute atomic E-state index is 0.0210. The zero-order valence-corrected chi connectivity index (χ0v) is 10.4. The van der Waals surface area contributed by atoms with Gasteiger partial charge in [0.1, 0.15) is 5.82 Å². The van der Waals surface area contributed by atoms with Gasteiger partial charge in [-0.15, -0.1) is 0 Å². The molecule has 2 rings (SSSR count). The Bertz CT molecular complexity index is 669. The maximum absolute atomic E-state index is 13.3. The molecule has 0 radical (unpaired) electrons. The maximum Gasteiger partial charge on any atom is 0.255 e. The number of carbonyl (C=O) groups is 2. The number of carbonyl (C=O) groups excluding carboxylic acids is 2. The van der Waals surface area contributed by atoms with Gasteiger partial charge in [-0.25, -0.2) is 4.39 Å². The van der Waals surface area contributed by atoms with Gasteiger partial charge in [0, 0.05) is 16.8 Å². The summed E-state index contributed by atoms with van der Waals surface area (Å²) < 4.78 is 13.3. The van der Waals surface area contributed by atoms with Crippen LogP contribution in [-0.2, 0) is 0 Å². The predicted molar refractivity (Wildman–Crippen MR) is 73.7 cm³/mol. The Morgan fingerprint density at radius 2 is 1.60 bits per heavy atom. The SMILES string of the molecule is NC(=O)c1ccc(NC(=O)c2ccc(N)c(F)c2)cc1. The van der Waals surface area contributed by atoms with Crippen molar-refractivity contribution in [3.05, 3.63) is 59.4 Å². The van der Waals surface area contributed by atoms with Gasteiger partial charge < -0.3 is 16.8 Å². The molecule has 5 nitrogen and oxygen atoms in total. The van der Waals surface area contributed by atoms with Gasteiger partial charge in [-0.1, -0.05) is 0 Å². The number of halogens is 1. The van der Waals surface area contributed by atoms with Crippen LogP contribution in [0.15, 0.2) is 42.5 Å². The minimum atomic E-state index is -0.651. The molecule has 2 amide bonds. The van der Waals surface area contributed by atoms with Crippen molar-refractivity contribution in [2.45, 2.75) is 0 Å². The number of hydrogen-bond donors (Lipinski definition) is 3. The second kappa shape index (κ2) is 5.40. The number of nitrogen functional groups attached to an aromatic ring is 1. The molecule has 0 aliphatic rings. The third-order valence-corrected chi connectivity index (χ3v) is 2.69. The van der Waals surface area contributed by atoms with Crippen LogP contribution in [0, 0.1) is 5.82 Å². The zero-order chi connectivity index (χ0) is 14.7. The number of nitrogens with one attached hydrogen (secondary N) is 1. The van der Waals surface area contributed by atoms with E-state index < -0.39 is 17.6 Å². The van der Waals surface area contributed by atoms with Gasteiger partial charge in [-0.3, -0.25) is 9.59 Å². The van der Waals surface area contributed by atoms with Crippen molar-refractivity contribution in [2.75, 3.05) is 11.1 Å². The first kappa shape index (κ1) is 13.5. The topological polar surface area (TPSA) is 98.2 Å². The molecule has 0 aromatic heterocycles. The van der Waals surface area contributed by atoms with Gasteiger partial charge in [-0.05, 0) is 42.5 Å². The number of nitrogens with two attached hydrogens (primary N) is 2. The number of hydrogen-bond acceptors (Lipinski definition) is 3. The second-order valence-corrected chi connectivity index (χ2v) is 4.13. The highest BCUT2D eigenvalue weighted by molar-refractivity contribution is 6.04. The average molecular weight is 273 g/mol. The highest BCUT2D eigenvalue weighted by atomic mass is 19.1. The van der Waals surface area contributed by atoms with Crippen LogP contribution in [-0.4, -0.2) is 11.8 Å². The van der Waals surface area contributed by atoms with Gasteiger partial charge in [0.25, 0.3) is 5.91 Å². The second-order valence-electron chi connectivity index (χ2n) is 4.13. The molecule has 20 heavy (non-hydrogen) atoms. The molecular formula is C14H12FN3O2. The van der Waals surface area contributed by atoms with E-state index >= 15 is 0 Å². The van der Waals surface area contributed by atoms with E-state index in [0.29, 0.717) is 11.3 Å². The Hall–Kier alpha value is -2.89. The Morgan fingerprint density at radius 3 is 2.15 bits per heavy atom. The predicted octanol–water partition coefficient (Wildman–Crippen LogP) is 1.76. The lowest BCUT2D eigenvalue weighted by atomic mass is 10.1. The van der Waals surface area contributed by atoms with E-state index in [1.165, 1.54) is 36.4 Å². The van der Waals surface area contributed by atoms with Crippen molar-refractivity contribution in [2.24, 2.45) is 5.73 Å². The molecule has 0 unspecified atom stereocenters. The third kappa shape index (κ3) is 2.92. The first-order valence-electron chi connectivity index (χ1n) is 5.73. The fraction of sp³-hybridized carbons (Fsp3) is 0. The Balaban J connectivity index is 2.14. The van der Waals surface area contributed by atoms with Crippen LogP contribution in [0.3, 0.4) is 0 Å². The number of rotatable bonds is 3. The lowest BCUT2D eigenvalue weighted by Gasteiger charge is -2.06. The van der Waals surface area contributed by atoms with Gasteiger partial charge in [0.2, 0.25) is 5.91 Å². The van der Waals surface area contributed by atoms with Crippen LogP contribution in [0.2, 0.25) is 0 Å². The molecule has 0 atom stereocenters. The molecule has 5 N–H and O–H groups in total. The fourth-order valence-corrected chi connectivity index (χ4v) is 1.59. The van der Waals surface area contributed by atoms with E-state index in [4.69, 9.17) is 11.5 Å². The van der Waals surface area contributed by atoms with Crippen LogP contribution in [0.5, 0.6) is 0 Å². The standard InChI is InChI=1S/C14H12FN3O2/c15-11-7-9(3-6-12(11)16)14(20)18-10-4-1-8(2-5-10)13(17)19/h1-7H,16H2,(H2,17,19)(H,18,20). The van der Waals surface area contributed by atoms with Crippen LogP contribution < -0.4 is 16.8 Å². The summed E-state index contributed by atoms with van der Waals surface area (Å²) in [5, 5.41) is 2.57. The maximum atomic E-state index is 13.3. The summed E-state index contributed by atoms with van der Waals surface area (Å²) in [4.78, 5) is 22.8. The quantitative estimate of drug-likeness (QED) is 0.743. The Kier molecular flexibility index (Phi) is 3.65. The first-order valence-corrected chi connectivity index (χ1v) is 5.73. The van der Waals surface area contributed by atoms with Crippen molar-refractivity contribution >= 4 is 23.2 Å². The molecule has 0 saturated heterocycles. The molecule has 0 fully saturated rings. The molecule has 0 aliphatic carbocycles. The van der Waals surface area contributed by atoms with E-state index in [9.17, 15) is 14.0 Å². The van der Waals surface area contributed by atoms with Gasteiger partial charge in [0.05, 0.1) is 5.69 Å². The third-order valence-electron chi connectivity index (χ3n) is 2.69. The molecule has 0 saturated carbocycles. The highest BCUT2D eigenvalue weighted by Crippen LogP contribution is 2.15. The van der Waals surface area contributed by atoms with E-state index in [1.807, 2.05) is 0 Å². The van der Waals surface area contributed by atoms with Crippen molar-refractivity contribution in [3.8, 4) is 0 Å². The summed E-state index contributed by atoms with van der Waals surface area (Å²) in [6.45, 7) is 0. The van der Waals surface area contributed by atoms with Gasteiger partial charge in [-0.2, -0.15) is 0 Å². The number of amides is 2. The lowest BCUT2D eigenvalue weighted by Crippen LogP contribution is -2.13. The summed E-state index contributed by atoms with van der Waals surface area (Å²) in [7, 11) is 0. The van der Waals surface area contributed by atoms with Gasteiger partial charge in [0.15, 0.2) is 0 Å². The molecule has 102 valence electrons. The van der Waals surface area contributed by atoms with E-state index in [2.05, 4.69) is 5.32 Å². The molecule has 2 aromatic rings. The average Bonchev–Trinajstić information content (AvgIpc) is 2.42. The molecule has 0 spiro atoms. The molecule has 6 heteroatoms. The molecule has 0 aliphatic heterocycles. The lowest BCUT2D eigenvalue weighted by molar-refractivity contribution is 0.0998. The smallest absolute Gasteiger partial charge is 0.255 e. The Morgan fingerprint density at radius 1 is 1.00 bits per heavy atom. The summed E-state index contributed by atoms with van der Waals surface area (Å²) in [5.41, 5.74) is 11.4. The summed E-state index contributed by atoms with van der Waals surface area (Å²) >= 11 is 0. The summed E-state index contributed by atoms with van der Waals surface area (Å²) in [5.74, 6) is -1.68. The van der Waals surface area contributed by atoms with E-state index in [-0.39, 0.29) is 11.3 Å². The van der Waals surface area contributed by atoms with Crippen LogP contribution in [0.1, 0.15) is 20.7 Å². The molecule has 0 heterocycles. The van der Waals surface area contributed by atoms with Crippen molar-refractivity contribution < 1.29 is 14.0 Å². The first-order chi connectivity index (χ1) is 9.47. The van der Waals surface area contributed by atoms with Gasteiger partial charge >= 0.3 is 0 Å². The van der Waals surface area contributed by atoms with E-state index in [1.54, 1.807) is 0 Å². The molecular weight excluding hydrogens is 261 g/mol. The Labute approximate surface area is 114 Å².